The minimum atomic E-state index is -0.547. The van der Waals surface area contributed by atoms with Crippen LogP contribution in [-0.4, -0.2) is 23.0 Å². The lowest BCUT2D eigenvalue weighted by molar-refractivity contribution is -0.122. The summed E-state index contributed by atoms with van der Waals surface area (Å²) in [5.41, 5.74) is -0.547. The fourth-order valence-electron chi connectivity index (χ4n) is 1.95. The van der Waals surface area contributed by atoms with Crippen LogP contribution in [0.15, 0.2) is 18.3 Å². The van der Waals surface area contributed by atoms with Gasteiger partial charge in [0.15, 0.2) is 0 Å². The average Bonchev–Trinajstić information content (AvgIpc) is 2.33. The zero-order valence-electron chi connectivity index (χ0n) is 9.79. The van der Waals surface area contributed by atoms with E-state index in [9.17, 15) is 9.18 Å². The van der Waals surface area contributed by atoms with Gasteiger partial charge >= 0.3 is 0 Å². The van der Waals surface area contributed by atoms with E-state index in [2.05, 4.69) is 15.6 Å². The lowest BCUT2D eigenvalue weighted by atomic mass is 9.90. The zero-order chi connectivity index (χ0) is 12.3. The molecule has 0 aliphatic carbocycles. The molecule has 0 bridgehead atoms. The first-order valence-electron chi connectivity index (χ1n) is 5.78. The van der Waals surface area contributed by atoms with E-state index in [0.717, 1.165) is 32.0 Å². The Hall–Kier alpha value is -1.49. The van der Waals surface area contributed by atoms with Gasteiger partial charge in [-0.3, -0.25) is 4.79 Å². The number of amides is 1. The van der Waals surface area contributed by atoms with Crippen LogP contribution in [0.1, 0.15) is 26.2 Å². The predicted molar refractivity (Wildman–Crippen MR) is 63.1 cm³/mol. The molecule has 1 unspecified atom stereocenters. The van der Waals surface area contributed by atoms with Crippen molar-refractivity contribution in [1.29, 1.82) is 0 Å². The van der Waals surface area contributed by atoms with Crippen molar-refractivity contribution in [2.75, 3.05) is 11.9 Å². The Kier molecular flexibility index (Phi) is 3.38. The average molecular weight is 237 g/mol. The predicted octanol–water partition coefficient (Wildman–Crippen LogP) is 1.69. The van der Waals surface area contributed by atoms with Crippen LogP contribution in [0.3, 0.4) is 0 Å². The van der Waals surface area contributed by atoms with E-state index in [1.807, 2.05) is 6.92 Å². The number of carbonyl (C=O) groups excluding carboxylic acids is 1. The van der Waals surface area contributed by atoms with Crippen LogP contribution in [0, 0.1) is 5.82 Å². The van der Waals surface area contributed by atoms with Gasteiger partial charge < -0.3 is 10.6 Å². The number of piperidine rings is 1. The highest BCUT2D eigenvalue weighted by atomic mass is 19.1. The number of carbonyl (C=O) groups is 1. The standard InChI is InChI=1S/C12H16FN3O/c1-12(6-2-3-7-15-12)11(17)16-10-5-4-9(13)8-14-10/h4-5,8,15H,2-3,6-7H2,1H3,(H,14,16,17). The third kappa shape index (κ3) is 2.79. The summed E-state index contributed by atoms with van der Waals surface area (Å²) < 4.78 is 12.7. The van der Waals surface area contributed by atoms with Gasteiger partial charge in [0.1, 0.15) is 11.6 Å². The number of nitrogens with one attached hydrogen (secondary N) is 2. The number of aromatic nitrogens is 1. The minimum Gasteiger partial charge on any atom is -0.309 e. The molecule has 0 aromatic carbocycles. The maximum atomic E-state index is 12.7. The monoisotopic (exact) mass is 237 g/mol. The van der Waals surface area contributed by atoms with Crippen LogP contribution < -0.4 is 10.6 Å². The van der Waals surface area contributed by atoms with Gasteiger partial charge in [-0.15, -0.1) is 0 Å². The normalized spacial score (nSPS) is 24.4. The molecule has 4 nitrogen and oxygen atoms in total. The molecule has 5 heteroatoms. The molecule has 1 aromatic heterocycles. The molecule has 1 aliphatic rings. The van der Waals surface area contributed by atoms with Crippen molar-refractivity contribution < 1.29 is 9.18 Å². The lowest BCUT2D eigenvalue weighted by Crippen LogP contribution is -2.54. The third-order valence-corrected chi connectivity index (χ3v) is 3.09. The van der Waals surface area contributed by atoms with Crippen molar-refractivity contribution in [3.8, 4) is 0 Å². The largest absolute Gasteiger partial charge is 0.309 e. The van der Waals surface area contributed by atoms with Crippen molar-refractivity contribution in [3.63, 3.8) is 0 Å². The van der Waals surface area contributed by atoms with E-state index in [1.54, 1.807) is 0 Å². The molecule has 2 rings (SSSR count). The van der Waals surface area contributed by atoms with E-state index < -0.39 is 11.4 Å². The molecule has 2 N–H and O–H groups in total. The van der Waals surface area contributed by atoms with E-state index in [0.29, 0.717) is 5.82 Å². The van der Waals surface area contributed by atoms with E-state index >= 15 is 0 Å². The summed E-state index contributed by atoms with van der Waals surface area (Å²) in [7, 11) is 0. The van der Waals surface area contributed by atoms with Crippen LogP contribution in [0.2, 0.25) is 0 Å². The van der Waals surface area contributed by atoms with Gasteiger partial charge in [-0.2, -0.15) is 0 Å². The van der Waals surface area contributed by atoms with Gasteiger partial charge in [0.2, 0.25) is 5.91 Å². The van der Waals surface area contributed by atoms with E-state index in [1.165, 1.54) is 12.1 Å². The third-order valence-electron chi connectivity index (χ3n) is 3.09. The second kappa shape index (κ2) is 4.79. The zero-order valence-corrected chi connectivity index (χ0v) is 9.79. The van der Waals surface area contributed by atoms with Gasteiger partial charge in [0.05, 0.1) is 11.7 Å². The molecule has 1 saturated heterocycles. The summed E-state index contributed by atoms with van der Waals surface area (Å²) in [5, 5.41) is 5.91. The second-order valence-electron chi connectivity index (χ2n) is 4.53. The molecule has 17 heavy (non-hydrogen) atoms. The molecule has 1 aromatic rings. The smallest absolute Gasteiger partial charge is 0.245 e. The Morgan fingerprint density at radius 3 is 2.94 bits per heavy atom. The molecule has 1 fully saturated rings. The Morgan fingerprint density at radius 1 is 1.53 bits per heavy atom. The number of pyridine rings is 1. The van der Waals surface area contributed by atoms with E-state index in [-0.39, 0.29) is 5.91 Å². The lowest BCUT2D eigenvalue weighted by Gasteiger charge is -2.33. The molecular weight excluding hydrogens is 221 g/mol. The highest BCUT2D eigenvalue weighted by Crippen LogP contribution is 2.20. The molecule has 1 atom stereocenters. The summed E-state index contributed by atoms with van der Waals surface area (Å²) in [6, 6.07) is 2.73. The molecule has 0 saturated carbocycles. The molecule has 0 spiro atoms. The maximum Gasteiger partial charge on any atom is 0.245 e. The molecule has 92 valence electrons. The highest BCUT2D eigenvalue weighted by Gasteiger charge is 2.34. The Bertz CT molecular complexity index is 399. The number of anilines is 1. The molecule has 2 heterocycles. The van der Waals surface area contributed by atoms with Crippen molar-refractivity contribution in [3.05, 3.63) is 24.1 Å². The van der Waals surface area contributed by atoms with Crippen LogP contribution >= 0.6 is 0 Å². The van der Waals surface area contributed by atoms with Crippen molar-refractivity contribution in [2.24, 2.45) is 0 Å². The molecule has 1 aliphatic heterocycles. The summed E-state index contributed by atoms with van der Waals surface area (Å²) >= 11 is 0. The molecule has 0 radical (unpaired) electrons. The van der Waals surface area contributed by atoms with Crippen molar-refractivity contribution in [2.45, 2.75) is 31.7 Å². The van der Waals surface area contributed by atoms with Crippen LogP contribution in [-0.2, 0) is 4.79 Å². The fraction of sp³-hybridized carbons (Fsp3) is 0.500. The number of nitrogens with zero attached hydrogens (tertiary/aromatic N) is 1. The number of hydrogen-bond acceptors (Lipinski definition) is 3. The van der Waals surface area contributed by atoms with Gasteiger partial charge in [-0.1, -0.05) is 0 Å². The number of rotatable bonds is 2. The topological polar surface area (TPSA) is 54.0 Å². The number of hydrogen-bond donors (Lipinski definition) is 2. The van der Waals surface area contributed by atoms with Crippen molar-refractivity contribution in [1.82, 2.24) is 10.3 Å². The van der Waals surface area contributed by atoms with Gasteiger partial charge in [0.25, 0.3) is 0 Å². The number of halogens is 1. The highest BCUT2D eigenvalue weighted by molar-refractivity contribution is 5.97. The molecular formula is C12H16FN3O. The van der Waals surface area contributed by atoms with Gasteiger partial charge in [-0.25, -0.2) is 9.37 Å². The summed E-state index contributed by atoms with van der Waals surface area (Å²) in [6.07, 6.45) is 4.03. The Morgan fingerprint density at radius 2 is 2.35 bits per heavy atom. The summed E-state index contributed by atoms with van der Waals surface area (Å²) in [4.78, 5) is 15.9. The quantitative estimate of drug-likeness (QED) is 0.823. The van der Waals surface area contributed by atoms with Gasteiger partial charge in [-0.05, 0) is 44.9 Å². The first-order chi connectivity index (χ1) is 8.10. The maximum absolute atomic E-state index is 12.7. The second-order valence-corrected chi connectivity index (χ2v) is 4.53. The molecule has 1 amide bonds. The fourth-order valence-corrected chi connectivity index (χ4v) is 1.95. The Balaban J connectivity index is 2.03. The Labute approximate surface area is 99.6 Å². The van der Waals surface area contributed by atoms with E-state index in [4.69, 9.17) is 0 Å². The first kappa shape index (κ1) is 12.0. The minimum absolute atomic E-state index is 0.115. The van der Waals surface area contributed by atoms with Crippen molar-refractivity contribution >= 4 is 11.7 Å². The first-order valence-corrected chi connectivity index (χ1v) is 5.78. The summed E-state index contributed by atoms with van der Waals surface area (Å²) in [6.45, 7) is 2.73. The SMILES string of the molecule is CC1(C(=O)Nc2ccc(F)cn2)CCCCN1. The van der Waals surface area contributed by atoms with Gasteiger partial charge in [0, 0.05) is 0 Å². The summed E-state index contributed by atoms with van der Waals surface area (Å²) in [5.74, 6) is -0.147. The van der Waals surface area contributed by atoms with Crippen LogP contribution in [0.4, 0.5) is 10.2 Å². The van der Waals surface area contributed by atoms with Crippen LogP contribution in [0.25, 0.3) is 0 Å². The van der Waals surface area contributed by atoms with Crippen LogP contribution in [0.5, 0.6) is 0 Å².